The molecule has 0 fully saturated rings. The van der Waals surface area contributed by atoms with Gasteiger partial charge in [-0.25, -0.2) is 0 Å². The number of carbonyl (C=O) groups is 2. The summed E-state index contributed by atoms with van der Waals surface area (Å²) in [5.74, 6) is -0.149. The number of amides is 2. The van der Waals surface area contributed by atoms with Crippen molar-refractivity contribution in [2.24, 2.45) is 0 Å². The number of carbonyl (C=O) groups excluding carboxylic acids is 2. The lowest BCUT2D eigenvalue weighted by molar-refractivity contribution is -0.116. The standard InChI is InChI=1S/C21H26N2O2/c1-14-7-6-8-19(13-14)21(25)22-9-10-23(18(5)24)20-16(3)11-15(2)12-17(20)4/h6-8,11-13H,9-10H2,1-5H3,(H,22,25). The van der Waals surface area contributed by atoms with Crippen molar-refractivity contribution in [3.8, 4) is 0 Å². The molecule has 2 aromatic carbocycles. The molecule has 0 aliphatic carbocycles. The van der Waals surface area contributed by atoms with E-state index < -0.39 is 0 Å². The second-order valence-corrected chi connectivity index (χ2v) is 6.54. The summed E-state index contributed by atoms with van der Waals surface area (Å²) in [6, 6.07) is 11.6. The molecule has 25 heavy (non-hydrogen) atoms. The number of hydrogen-bond acceptors (Lipinski definition) is 2. The molecule has 2 rings (SSSR count). The second-order valence-electron chi connectivity index (χ2n) is 6.54. The van der Waals surface area contributed by atoms with Gasteiger partial charge in [-0.05, 0) is 51.0 Å². The highest BCUT2D eigenvalue weighted by atomic mass is 16.2. The number of nitrogens with zero attached hydrogens (tertiary/aromatic N) is 1. The van der Waals surface area contributed by atoms with Crippen molar-refractivity contribution in [1.29, 1.82) is 0 Å². The SMILES string of the molecule is CC(=O)N(CCNC(=O)c1cccc(C)c1)c1c(C)cc(C)cc1C. The van der Waals surface area contributed by atoms with Crippen molar-refractivity contribution in [2.45, 2.75) is 34.6 Å². The molecule has 0 spiro atoms. The Hall–Kier alpha value is -2.62. The van der Waals surface area contributed by atoms with Gasteiger partial charge in [0.05, 0.1) is 0 Å². The fourth-order valence-corrected chi connectivity index (χ4v) is 3.19. The Morgan fingerprint density at radius 3 is 2.16 bits per heavy atom. The van der Waals surface area contributed by atoms with E-state index in [4.69, 9.17) is 0 Å². The van der Waals surface area contributed by atoms with Gasteiger partial charge in [0.25, 0.3) is 5.91 Å². The van der Waals surface area contributed by atoms with E-state index in [0.717, 1.165) is 22.4 Å². The van der Waals surface area contributed by atoms with Gasteiger partial charge in [-0.2, -0.15) is 0 Å². The number of hydrogen-bond donors (Lipinski definition) is 1. The van der Waals surface area contributed by atoms with Crippen molar-refractivity contribution in [2.75, 3.05) is 18.0 Å². The summed E-state index contributed by atoms with van der Waals surface area (Å²) in [7, 11) is 0. The summed E-state index contributed by atoms with van der Waals surface area (Å²) in [4.78, 5) is 26.1. The van der Waals surface area contributed by atoms with E-state index in [9.17, 15) is 9.59 Å². The quantitative estimate of drug-likeness (QED) is 0.903. The average Bonchev–Trinajstić information content (AvgIpc) is 2.52. The van der Waals surface area contributed by atoms with Crippen LogP contribution < -0.4 is 10.2 Å². The van der Waals surface area contributed by atoms with E-state index >= 15 is 0 Å². The van der Waals surface area contributed by atoms with E-state index in [1.54, 1.807) is 17.9 Å². The molecule has 0 radical (unpaired) electrons. The zero-order valence-electron chi connectivity index (χ0n) is 15.6. The topological polar surface area (TPSA) is 49.4 Å². The lowest BCUT2D eigenvalue weighted by atomic mass is 10.0. The predicted molar refractivity (Wildman–Crippen MR) is 102 cm³/mol. The first-order chi connectivity index (χ1) is 11.8. The summed E-state index contributed by atoms with van der Waals surface area (Å²) in [6.45, 7) is 10.4. The van der Waals surface area contributed by atoms with Crippen molar-refractivity contribution in [3.63, 3.8) is 0 Å². The zero-order chi connectivity index (χ0) is 18.6. The molecule has 132 valence electrons. The van der Waals surface area contributed by atoms with Gasteiger partial charge < -0.3 is 10.2 Å². The molecule has 4 heteroatoms. The van der Waals surface area contributed by atoms with Crippen LogP contribution in [0.2, 0.25) is 0 Å². The number of anilines is 1. The fourth-order valence-electron chi connectivity index (χ4n) is 3.19. The molecule has 0 saturated heterocycles. The molecule has 0 heterocycles. The average molecular weight is 338 g/mol. The summed E-state index contributed by atoms with van der Waals surface area (Å²) >= 11 is 0. The van der Waals surface area contributed by atoms with Gasteiger partial charge in [-0.1, -0.05) is 35.4 Å². The van der Waals surface area contributed by atoms with Crippen LogP contribution in [-0.2, 0) is 4.79 Å². The monoisotopic (exact) mass is 338 g/mol. The van der Waals surface area contributed by atoms with E-state index in [2.05, 4.69) is 17.4 Å². The molecule has 0 aliphatic heterocycles. The van der Waals surface area contributed by atoms with Crippen LogP contribution in [0.5, 0.6) is 0 Å². The molecule has 0 aliphatic rings. The summed E-state index contributed by atoms with van der Waals surface area (Å²) in [5, 5.41) is 2.90. The first kappa shape index (κ1) is 18.7. The van der Waals surface area contributed by atoms with Crippen LogP contribution in [0.15, 0.2) is 36.4 Å². The van der Waals surface area contributed by atoms with Gasteiger partial charge in [0, 0.05) is 31.3 Å². The molecule has 0 aromatic heterocycles. The number of benzene rings is 2. The molecule has 4 nitrogen and oxygen atoms in total. The van der Waals surface area contributed by atoms with Crippen LogP contribution >= 0.6 is 0 Å². The summed E-state index contributed by atoms with van der Waals surface area (Å²) < 4.78 is 0. The molecule has 0 atom stereocenters. The van der Waals surface area contributed by atoms with Crippen LogP contribution in [0.25, 0.3) is 0 Å². The predicted octanol–water partition coefficient (Wildman–Crippen LogP) is 3.70. The highest BCUT2D eigenvalue weighted by molar-refractivity contribution is 5.95. The third kappa shape index (κ3) is 4.69. The molecular formula is C21H26N2O2. The van der Waals surface area contributed by atoms with E-state index in [-0.39, 0.29) is 11.8 Å². The maximum absolute atomic E-state index is 12.2. The molecule has 0 saturated carbocycles. The third-order valence-electron chi connectivity index (χ3n) is 4.19. The normalized spacial score (nSPS) is 10.4. The van der Waals surface area contributed by atoms with E-state index in [1.807, 2.05) is 45.9 Å². The van der Waals surface area contributed by atoms with Gasteiger partial charge in [-0.15, -0.1) is 0 Å². The Morgan fingerprint density at radius 2 is 1.60 bits per heavy atom. The van der Waals surface area contributed by atoms with Gasteiger partial charge in [0.15, 0.2) is 0 Å². The van der Waals surface area contributed by atoms with E-state index in [1.165, 1.54) is 5.56 Å². The second kappa shape index (κ2) is 7.97. The zero-order valence-corrected chi connectivity index (χ0v) is 15.6. The molecule has 0 bridgehead atoms. The van der Waals surface area contributed by atoms with Crippen LogP contribution in [0, 0.1) is 27.7 Å². The first-order valence-corrected chi connectivity index (χ1v) is 8.50. The van der Waals surface area contributed by atoms with Crippen LogP contribution in [-0.4, -0.2) is 24.9 Å². The largest absolute Gasteiger partial charge is 0.350 e. The van der Waals surface area contributed by atoms with Crippen molar-refractivity contribution >= 4 is 17.5 Å². The molecule has 2 amide bonds. The van der Waals surface area contributed by atoms with Gasteiger partial charge in [0.1, 0.15) is 0 Å². The van der Waals surface area contributed by atoms with Crippen molar-refractivity contribution in [3.05, 3.63) is 64.2 Å². The number of rotatable bonds is 5. The Kier molecular flexibility index (Phi) is 5.97. The Labute approximate surface area is 149 Å². The van der Waals surface area contributed by atoms with Crippen LogP contribution in [0.1, 0.15) is 39.5 Å². The minimum atomic E-state index is -0.121. The van der Waals surface area contributed by atoms with Crippen LogP contribution in [0.4, 0.5) is 5.69 Å². The smallest absolute Gasteiger partial charge is 0.251 e. The number of aryl methyl sites for hydroxylation is 4. The third-order valence-corrected chi connectivity index (χ3v) is 4.19. The summed E-state index contributed by atoms with van der Waals surface area (Å²) in [6.07, 6.45) is 0. The lowest BCUT2D eigenvalue weighted by Crippen LogP contribution is -2.38. The van der Waals surface area contributed by atoms with Gasteiger partial charge in [-0.3, -0.25) is 9.59 Å². The first-order valence-electron chi connectivity index (χ1n) is 8.50. The molecule has 0 unspecified atom stereocenters. The summed E-state index contributed by atoms with van der Waals surface area (Å²) in [5.41, 5.74) is 5.93. The molecular weight excluding hydrogens is 312 g/mol. The molecule has 1 N–H and O–H groups in total. The van der Waals surface area contributed by atoms with Gasteiger partial charge >= 0.3 is 0 Å². The highest BCUT2D eigenvalue weighted by Gasteiger charge is 2.17. The number of nitrogens with one attached hydrogen (secondary N) is 1. The Bertz CT molecular complexity index is 773. The Morgan fingerprint density at radius 1 is 0.960 bits per heavy atom. The highest BCUT2D eigenvalue weighted by Crippen LogP contribution is 2.26. The van der Waals surface area contributed by atoms with Gasteiger partial charge in [0.2, 0.25) is 5.91 Å². The van der Waals surface area contributed by atoms with E-state index in [0.29, 0.717) is 18.7 Å². The minimum absolute atomic E-state index is 0.0279. The fraction of sp³-hybridized carbons (Fsp3) is 0.333. The van der Waals surface area contributed by atoms with Crippen molar-refractivity contribution in [1.82, 2.24) is 5.32 Å². The maximum atomic E-state index is 12.2. The van der Waals surface area contributed by atoms with Crippen molar-refractivity contribution < 1.29 is 9.59 Å². The Balaban J connectivity index is 2.09. The lowest BCUT2D eigenvalue weighted by Gasteiger charge is -2.25. The minimum Gasteiger partial charge on any atom is -0.350 e. The molecule has 2 aromatic rings. The van der Waals surface area contributed by atoms with Crippen LogP contribution in [0.3, 0.4) is 0 Å². The maximum Gasteiger partial charge on any atom is 0.251 e.